The molecule has 25 heavy (non-hydrogen) atoms. The molecule has 5 rings (SSSR count). The lowest BCUT2D eigenvalue weighted by Gasteiger charge is -2.44. The van der Waals surface area contributed by atoms with Gasteiger partial charge in [0.25, 0.3) is 11.7 Å². The van der Waals surface area contributed by atoms with Crippen LogP contribution in [0.1, 0.15) is 23.2 Å². The van der Waals surface area contributed by atoms with Crippen LogP contribution < -0.4 is 5.32 Å². The molecule has 0 unspecified atom stereocenters. The maximum absolute atomic E-state index is 12.7. The SMILES string of the molecule is Cl.Cn1cc(C(=O)C(=O)N[C@@H]2CN3CCC2CC3)c2cc(Br)ccc21. The summed E-state index contributed by atoms with van der Waals surface area (Å²) in [4.78, 5) is 27.6. The molecule has 134 valence electrons. The van der Waals surface area contributed by atoms with Crippen LogP contribution in [0.25, 0.3) is 10.9 Å². The number of piperidine rings is 3. The van der Waals surface area contributed by atoms with Crippen molar-refractivity contribution in [1.29, 1.82) is 0 Å². The van der Waals surface area contributed by atoms with Gasteiger partial charge in [0.15, 0.2) is 0 Å². The molecule has 1 N–H and O–H groups in total. The van der Waals surface area contributed by atoms with Crippen LogP contribution in [-0.2, 0) is 11.8 Å². The van der Waals surface area contributed by atoms with Crippen molar-refractivity contribution in [1.82, 2.24) is 14.8 Å². The predicted molar refractivity (Wildman–Crippen MR) is 103 cm³/mol. The Labute approximate surface area is 161 Å². The Balaban J connectivity index is 0.00000182. The maximum atomic E-state index is 12.7. The van der Waals surface area contributed by atoms with Gasteiger partial charge in [-0.15, -0.1) is 12.4 Å². The molecule has 0 radical (unpaired) electrons. The highest BCUT2D eigenvalue weighted by atomic mass is 79.9. The van der Waals surface area contributed by atoms with Crippen molar-refractivity contribution >= 4 is 50.9 Å². The van der Waals surface area contributed by atoms with Gasteiger partial charge in [-0.05, 0) is 50.0 Å². The summed E-state index contributed by atoms with van der Waals surface area (Å²) in [5.74, 6) is -0.426. The Morgan fingerprint density at radius 1 is 1.24 bits per heavy atom. The van der Waals surface area contributed by atoms with Gasteiger partial charge in [0, 0.05) is 41.2 Å². The van der Waals surface area contributed by atoms with Crippen molar-refractivity contribution in [2.24, 2.45) is 13.0 Å². The van der Waals surface area contributed by atoms with Crippen LogP contribution >= 0.6 is 28.3 Å². The van der Waals surface area contributed by atoms with Crippen LogP contribution in [0.3, 0.4) is 0 Å². The van der Waals surface area contributed by atoms with Crippen molar-refractivity contribution < 1.29 is 9.59 Å². The molecule has 4 heterocycles. The van der Waals surface area contributed by atoms with Crippen molar-refractivity contribution in [3.8, 4) is 0 Å². The second-order valence-electron chi connectivity index (χ2n) is 6.86. The fraction of sp³-hybridized carbons (Fsp3) is 0.444. The van der Waals surface area contributed by atoms with Gasteiger partial charge in [-0.1, -0.05) is 15.9 Å². The Kier molecular flexibility index (Phi) is 5.23. The molecule has 3 fully saturated rings. The monoisotopic (exact) mass is 425 g/mol. The van der Waals surface area contributed by atoms with Gasteiger partial charge in [0.2, 0.25) is 0 Å². The van der Waals surface area contributed by atoms with Crippen LogP contribution in [0.5, 0.6) is 0 Å². The van der Waals surface area contributed by atoms with Crippen molar-refractivity contribution in [2.75, 3.05) is 19.6 Å². The van der Waals surface area contributed by atoms with E-state index in [1.165, 1.54) is 0 Å². The number of Topliss-reactive ketones (excluding diaryl/α,β-unsaturated/α-hetero) is 1. The summed E-state index contributed by atoms with van der Waals surface area (Å²) >= 11 is 3.44. The quantitative estimate of drug-likeness (QED) is 0.606. The third-order valence-corrected chi connectivity index (χ3v) is 5.87. The number of nitrogens with one attached hydrogen (secondary N) is 1. The number of fused-ring (bicyclic) bond motifs is 4. The largest absolute Gasteiger partial charge is 0.350 e. The molecule has 0 aliphatic carbocycles. The first kappa shape index (κ1) is 18.4. The molecule has 1 amide bonds. The summed E-state index contributed by atoms with van der Waals surface area (Å²) < 4.78 is 2.78. The van der Waals surface area contributed by atoms with E-state index in [-0.39, 0.29) is 18.4 Å². The number of carbonyl (C=O) groups excluding carboxylic acids is 2. The zero-order valence-electron chi connectivity index (χ0n) is 14.0. The van der Waals surface area contributed by atoms with E-state index in [1.54, 1.807) is 6.20 Å². The smallest absolute Gasteiger partial charge is 0.292 e. The molecule has 1 aromatic carbocycles. The number of halogens is 2. The van der Waals surface area contributed by atoms with Crippen LogP contribution in [0.4, 0.5) is 0 Å². The number of hydrogen-bond donors (Lipinski definition) is 1. The van der Waals surface area contributed by atoms with E-state index in [0.717, 1.165) is 47.9 Å². The fourth-order valence-corrected chi connectivity index (χ4v) is 4.39. The first-order valence-electron chi connectivity index (χ1n) is 8.35. The topological polar surface area (TPSA) is 54.3 Å². The third kappa shape index (κ3) is 3.35. The van der Waals surface area contributed by atoms with Crippen molar-refractivity contribution in [2.45, 2.75) is 18.9 Å². The fourth-order valence-electron chi connectivity index (χ4n) is 4.03. The van der Waals surface area contributed by atoms with Gasteiger partial charge < -0.3 is 14.8 Å². The summed E-state index contributed by atoms with van der Waals surface area (Å²) in [7, 11) is 1.89. The lowest BCUT2D eigenvalue weighted by molar-refractivity contribution is -0.119. The molecule has 0 saturated carbocycles. The predicted octanol–water partition coefficient (Wildman–Crippen LogP) is 2.76. The molecule has 3 aliphatic rings. The van der Waals surface area contributed by atoms with Crippen LogP contribution in [0.15, 0.2) is 28.9 Å². The molecule has 7 heteroatoms. The van der Waals surface area contributed by atoms with Gasteiger partial charge in [0.05, 0.1) is 5.56 Å². The number of nitrogens with zero attached hydrogens (tertiary/aromatic N) is 2. The van der Waals surface area contributed by atoms with Crippen LogP contribution in [0.2, 0.25) is 0 Å². The van der Waals surface area contributed by atoms with Crippen molar-refractivity contribution in [3.63, 3.8) is 0 Å². The number of aromatic nitrogens is 1. The average Bonchev–Trinajstić information content (AvgIpc) is 2.91. The third-order valence-electron chi connectivity index (χ3n) is 5.38. The molecule has 3 aliphatic heterocycles. The molecular weight excluding hydrogens is 406 g/mol. The zero-order chi connectivity index (χ0) is 16.8. The normalized spacial score (nSPS) is 24.8. The molecule has 5 nitrogen and oxygen atoms in total. The number of amides is 1. The van der Waals surface area contributed by atoms with E-state index < -0.39 is 11.7 Å². The maximum Gasteiger partial charge on any atom is 0.292 e. The summed E-state index contributed by atoms with van der Waals surface area (Å²) in [5.41, 5.74) is 1.41. The molecule has 1 atom stereocenters. The molecule has 0 spiro atoms. The molecule has 3 saturated heterocycles. The van der Waals surface area contributed by atoms with E-state index in [4.69, 9.17) is 0 Å². The number of benzene rings is 1. The van der Waals surface area contributed by atoms with E-state index >= 15 is 0 Å². The van der Waals surface area contributed by atoms with E-state index in [0.29, 0.717) is 11.5 Å². The van der Waals surface area contributed by atoms with E-state index in [1.807, 2.05) is 29.8 Å². The van der Waals surface area contributed by atoms with E-state index in [2.05, 4.69) is 26.1 Å². The summed E-state index contributed by atoms with van der Waals surface area (Å²) in [5, 5.41) is 3.79. The average molecular weight is 427 g/mol. The Hall–Kier alpha value is -1.37. The minimum absolute atomic E-state index is 0. The lowest BCUT2D eigenvalue weighted by atomic mass is 9.84. The molecule has 2 aromatic rings. The van der Waals surface area contributed by atoms with Gasteiger partial charge in [-0.3, -0.25) is 9.59 Å². The Bertz CT molecular complexity index is 827. The lowest BCUT2D eigenvalue weighted by Crippen LogP contribution is -2.58. The first-order valence-corrected chi connectivity index (χ1v) is 9.14. The Morgan fingerprint density at radius 2 is 1.96 bits per heavy atom. The first-order chi connectivity index (χ1) is 11.5. The van der Waals surface area contributed by atoms with Crippen molar-refractivity contribution in [3.05, 3.63) is 34.4 Å². The highest BCUT2D eigenvalue weighted by molar-refractivity contribution is 9.10. The van der Waals surface area contributed by atoms with Crippen LogP contribution in [-0.4, -0.2) is 46.8 Å². The van der Waals surface area contributed by atoms with Gasteiger partial charge in [0.1, 0.15) is 0 Å². The van der Waals surface area contributed by atoms with Gasteiger partial charge >= 0.3 is 0 Å². The summed E-state index contributed by atoms with van der Waals surface area (Å²) in [6.07, 6.45) is 3.97. The second kappa shape index (κ2) is 7.09. The van der Waals surface area contributed by atoms with Crippen LogP contribution in [0, 0.1) is 5.92 Å². The minimum Gasteiger partial charge on any atom is -0.350 e. The highest BCUT2D eigenvalue weighted by Crippen LogP contribution is 2.28. The number of ketones is 1. The highest BCUT2D eigenvalue weighted by Gasteiger charge is 2.36. The number of aryl methyl sites for hydroxylation is 1. The zero-order valence-corrected chi connectivity index (χ0v) is 16.4. The van der Waals surface area contributed by atoms with Gasteiger partial charge in [-0.25, -0.2) is 0 Å². The number of rotatable bonds is 3. The number of carbonyl (C=O) groups is 2. The minimum atomic E-state index is -0.485. The standard InChI is InChI=1S/C18H20BrN3O2.ClH/c1-21-9-14(13-8-12(19)2-3-16(13)21)17(23)18(24)20-15-10-22-6-4-11(15)5-7-22;/h2-3,8-9,11,15H,4-7,10H2,1H3,(H,20,24);1H/t15-;/m1./s1. The summed E-state index contributed by atoms with van der Waals surface area (Å²) in [6.45, 7) is 3.09. The second-order valence-corrected chi connectivity index (χ2v) is 7.78. The number of hydrogen-bond acceptors (Lipinski definition) is 3. The molecular formula is C18H21BrClN3O2. The summed E-state index contributed by atoms with van der Waals surface area (Å²) in [6, 6.07) is 5.88. The van der Waals surface area contributed by atoms with E-state index in [9.17, 15) is 9.59 Å². The molecule has 1 aromatic heterocycles. The molecule has 2 bridgehead atoms. The van der Waals surface area contributed by atoms with Gasteiger partial charge in [-0.2, -0.15) is 0 Å². The Morgan fingerprint density at radius 3 is 2.60 bits per heavy atom.